The maximum absolute atomic E-state index is 12.6. The molecule has 7 nitrogen and oxygen atoms in total. The van der Waals surface area contributed by atoms with Crippen LogP contribution in [0, 0.1) is 0 Å². The summed E-state index contributed by atoms with van der Waals surface area (Å²) in [5.41, 5.74) is -5.24. The number of sulfonamides is 1. The third-order valence-electron chi connectivity index (χ3n) is 4.74. The lowest BCUT2D eigenvalue weighted by Crippen LogP contribution is -2.51. The van der Waals surface area contributed by atoms with Crippen LogP contribution in [0.5, 0.6) is 0 Å². The van der Waals surface area contributed by atoms with E-state index in [1.807, 2.05) is 0 Å². The fourth-order valence-corrected chi connectivity index (χ4v) is 3.97. The summed E-state index contributed by atoms with van der Waals surface area (Å²) >= 11 is 0. The van der Waals surface area contributed by atoms with Gasteiger partial charge in [-0.05, 0) is 45.3 Å². The second kappa shape index (κ2) is 13.1. The van der Waals surface area contributed by atoms with Crippen molar-refractivity contribution in [3.8, 4) is 0 Å². The third kappa shape index (κ3) is 8.57. The Labute approximate surface area is 183 Å². The minimum absolute atomic E-state index is 0. The van der Waals surface area contributed by atoms with E-state index in [0.717, 1.165) is 39.0 Å². The molecule has 1 saturated heterocycles. The number of rotatable bonds is 9. The van der Waals surface area contributed by atoms with Crippen LogP contribution in [0.2, 0.25) is 0 Å². The molecule has 28 heavy (non-hydrogen) atoms. The number of aliphatic imine (C=N–C) groups is 1. The quantitative estimate of drug-likeness (QED) is 0.202. The normalized spacial score (nSPS) is 17.5. The van der Waals surface area contributed by atoms with Gasteiger partial charge in [0, 0.05) is 32.7 Å². The lowest BCUT2D eigenvalue weighted by Gasteiger charge is -2.32. The van der Waals surface area contributed by atoms with Gasteiger partial charge in [0.15, 0.2) is 5.96 Å². The highest BCUT2D eigenvalue weighted by atomic mass is 127. The monoisotopic (exact) mass is 543 g/mol. The van der Waals surface area contributed by atoms with E-state index in [-0.39, 0.29) is 43.1 Å². The fourth-order valence-electron chi connectivity index (χ4n) is 2.98. The Morgan fingerprint density at radius 1 is 1.18 bits per heavy atom. The van der Waals surface area contributed by atoms with Crippen LogP contribution in [0.3, 0.4) is 0 Å². The fraction of sp³-hybridized carbons (Fsp3) is 0.938. The number of guanidine groups is 1. The van der Waals surface area contributed by atoms with Crippen molar-refractivity contribution in [2.75, 3.05) is 46.3 Å². The molecule has 1 aliphatic rings. The van der Waals surface area contributed by atoms with Crippen LogP contribution in [0.1, 0.15) is 39.5 Å². The van der Waals surface area contributed by atoms with Gasteiger partial charge in [-0.1, -0.05) is 13.8 Å². The second-order valence-corrected chi connectivity index (χ2v) is 8.43. The minimum atomic E-state index is -5.24. The number of hydrogen-bond donors (Lipinski definition) is 2. The number of nitrogens with zero attached hydrogens (tertiary/aromatic N) is 3. The van der Waals surface area contributed by atoms with Gasteiger partial charge in [-0.25, -0.2) is 8.42 Å². The molecular formula is C16H33F3IN5O2S. The van der Waals surface area contributed by atoms with Crippen molar-refractivity contribution in [3.63, 3.8) is 0 Å². The molecule has 1 heterocycles. The number of hydrogen-bond acceptors (Lipinski definition) is 4. The summed E-state index contributed by atoms with van der Waals surface area (Å²) < 4.78 is 61.2. The summed E-state index contributed by atoms with van der Waals surface area (Å²) in [6, 6.07) is -0.105. The van der Waals surface area contributed by atoms with E-state index in [4.69, 9.17) is 0 Å². The average molecular weight is 543 g/mol. The number of nitrogens with one attached hydrogen (secondary N) is 2. The zero-order valence-electron chi connectivity index (χ0n) is 16.8. The molecule has 0 aromatic heterocycles. The Balaban J connectivity index is 0.00000729. The van der Waals surface area contributed by atoms with E-state index in [1.165, 1.54) is 0 Å². The van der Waals surface area contributed by atoms with Crippen molar-refractivity contribution in [1.29, 1.82) is 0 Å². The molecule has 0 bridgehead atoms. The van der Waals surface area contributed by atoms with Crippen LogP contribution >= 0.6 is 24.0 Å². The van der Waals surface area contributed by atoms with Crippen LogP contribution in [-0.2, 0) is 10.0 Å². The smallest absolute Gasteiger partial charge is 0.356 e. The molecule has 0 atom stereocenters. The van der Waals surface area contributed by atoms with E-state index < -0.39 is 15.5 Å². The Kier molecular flexibility index (Phi) is 12.9. The van der Waals surface area contributed by atoms with Crippen LogP contribution in [0.25, 0.3) is 0 Å². The van der Waals surface area contributed by atoms with Crippen molar-refractivity contribution < 1.29 is 21.6 Å². The number of piperidine rings is 1. The Morgan fingerprint density at radius 3 is 2.21 bits per heavy atom. The van der Waals surface area contributed by atoms with Gasteiger partial charge in [-0.15, -0.1) is 24.0 Å². The Bertz CT molecular complexity index is 563. The van der Waals surface area contributed by atoms with Crippen molar-refractivity contribution >= 4 is 40.0 Å². The van der Waals surface area contributed by atoms with Crippen molar-refractivity contribution in [1.82, 2.24) is 19.8 Å². The highest BCUT2D eigenvalue weighted by molar-refractivity contribution is 14.0. The second-order valence-electron chi connectivity index (χ2n) is 6.50. The van der Waals surface area contributed by atoms with E-state index >= 15 is 0 Å². The van der Waals surface area contributed by atoms with Crippen molar-refractivity contribution in [2.24, 2.45) is 4.99 Å². The van der Waals surface area contributed by atoms with E-state index in [9.17, 15) is 21.6 Å². The number of halogens is 4. The minimum Gasteiger partial charge on any atom is -0.356 e. The Hall–Kier alpha value is -0.340. The highest BCUT2D eigenvalue weighted by Crippen LogP contribution is 2.28. The molecule has 1 fully saturated rings. The molecule has 0 aromatic rings. The lowest BCUT2D eigenvalue weighted by atomic mass is 10.1. The highest BCUT2D eigenvalue weighted by Gasteiger charge is 2.50. The van der Waals surface area contributed by atoms with Gasteiger partial charge in [0.1, 0.15) is 0 Å². The Morgan fingerprint density at radius 2 is 1.75 bits per heavy atom. The topological polar surface area (TPSA) is 77.0 Å². The molecule has 0 unspecified atom stereocenters. The van der Waals surface area contributed by atoms with Crippen LogP contribution in [0.15, 0.2) is 4.99 Å². The summed E-state index contributed by atoms with van der Waals surface area (Å²) in [6.07, 6.45) is 2.66. The molecule has 0 spiro atoms. The molecule has 12 heteroatoms. The summed E-state index contributed by atoms with van der Waals surface area (Å²) in [5.74, 6) is 0.593. The van der Waals surface area contributed by atoms with E-state index in [1.54, 1.807) is 7.05 Å². The first-order valence-electron chi connectivity index (χ1n) is 9.41. The predicted molar refractivity (Wildman–Crippen MR) is 117 cm³/mol. The van der Waals surface area contributed by atoms with Gasteiger partial charge < -0.3 is 15.5 Å². The van der Waals surface area contributed by atoms with Gasteiger partial charge in [0.25, 0.3) is 0 Å². The first-order valence-corrected chi connectivity index (χ1v) is 10.9. The maximum atomic E-state index is 12.6. The van der Waals surface area contributed by atoms with Crippen LogP contribution in [-0.4, -0.2) is 81.4 Å². The summed E-state index contributed by atoms with van der Waals surface area (Å²) in [5, 5.41) is 6.36. The molecule has 0 saturated carbocycles. The number of unbranched alkanes of at least 4 members (excludes halogenated alkanes) is 1. The van der Waals surface area contributed by atoms with Gasteiger partial charge in [-0.2, -0.15) is 17.5 Å². The predicted octanol–water partition coefficient (Wildman–Crippen LogP) is 2.21. The third-order valence-corrected chi connectivity index (χ3v) is 6.37. The van der Waals surface area contributed by atoms with Gasteiger partial charge in [-0.3, -0.25) is 4.99 Å². The standard InChI is InChI=1S/C16H32F3N5O2S.HI/c1-4-23(5-2)11-7-6-10-21-15(20-3)22-14-8-12-24(13-9-14)27(25,26)16(17,18)19;/h14H,4-13H2,1-3H3,(H2,20,21,22);1H. The molecule has 168 valence electrons. The van der Waals surface area contributed by atoms with Gasteiger partial charge in [0.2, 0.25) is 0 Å². The molecule has 0 aromatic carbocycles. The van der Waals surface area contributed by atoms with E-state index in [2.05, 4.69) is 34.4 Å². The molecule has 1 rings (SSSR count). The molecular weight excluding hydrogens is 510 g/mol. The molecule has 0 amide bonds. The molecule has 0 aliphatic carbocycles. The number of alkyl halides is 3. The zero-order chi connectivity index (χ0) is 20.5. The molecule has 1 aliphatic heterocycles. The van der Waals surface area contributed by atoms with Crippen molar-refractivity contribution in [2.45, 2.75) is 51.1 Å². The summed E-state index contributed by atoms with van der Waals surface area (Å²) in [6.45, 7) is 7.85. The van der Waals surface area contributed by atoms with Crippen molar-refractivity contribution in [3.05, 3.63) is 0 Å². The van der Waals surface area contributed by atoms with Crippen LogP contribution < -0.4 is 10.6 Å². The SMILES string of the molecule is CCN(CC)CCCCNC(=NC)NC1CCN(S(=O)(=O)C(F)(F)F)CC1.I. The van der Waals surface area contributed by atoms with Gasteiger partial charge >= 0.3 is 15.5 Å². The first kappa shape index (κ1) is 27.7. The molecule has 2 N–H and O–H groups in total. The summed E-state index contributed by atoms with van der Waals surface area (Å²) in [7, 11) is -3.60. The molecule has 0 radical (unpaired) electrons. The largest absolute Gasteiger partial charge is 0.511 e. The lowest BCUT2D eigenvalue weighted by molar-refractivity contribution is -0.0494. The maximum Gasteiger partial charge on any atom is 0.511 e. The summed E-state index contributed by atoms with van der Waals surface area (Å²) in [4.78, 5) is 6.48. The van der Waals surface area contributed by atoms with E-state index in [0.29, 0.717) is 23.1 Å². The van der Waals surface area contributed by atoms with Crippen LogP contribution in [0.4, 0.5) is 13.2 Å². The zero-order valence-corrected chi connectivity index (χ0v) is 19.9. The average Bonchev–Trinajstić information content (AvgIpc) is 2.63. The van der Waals surface area contributed by atoms with Gasteiger partial charge in [0.05, 0.1) is 0 Å². The first-order chi connectivity index (χ1) is 12.7.